The first kappa shape index (κ1) is 13.1. The van der Waals surface area contributed by atoms with Gasteiger partial charge in [-0.3, -0.25) is 0 Å². The summed E-state index contributed by atoms with van der Waals surface area (Å²) in [5.74, 6) is 0.392. The molecule has 0 amide bonds. The quantitative estimate of drug-likeness (QED) is 0.864. The van der Waals surface area contributed by atoms with Crippen LogP contribution in [0.4, 0.5) is 16.2 Å². The maximum atomic E-state index is 13.6. The van der Waals surface area contributed by atoms with Crippen LogP contribution in [0.3, 0.4) is 0 Å². The molecular weight excluding hydrogens is 231 g/mol. The number of nitrogens with zero attached hydrogens (tertiary/aromatic N) is 2. The molecule has 1 aromatic heterocycles. The molecular formula is C13H21FN4. The Labute approximate surface area is 107 Å². The maximum Gasteiger partial charge on any atom is 0.224 e. The van der Waals surface area contributed by atoms with E-state index in [1.807, 2.05) is 6.92 Å². The van der Waals surface area contributed by atoms with E-state index < -0.39 is 0 Å². The van der Waals surface area contributed by atoms with Gasteiger partial charge in [0, 0.05) is 12.6 Å². The van der Waals surface area contributed by atoms with Crippen LogP contribution in [0, 0.1) is 11.2 Å². The van der Waals surface area contributed by atoms with Crippen molar-refractivity contribution in [3.63, 3.8) is 0 Å². The Morgan fingerprint density at radius 1 is 1.50 bits per heavy atom. The average molecular weight is 252 g/mol. The lowest BCUT2D eigenvalue weighted by Gasteiger charge is -2.18. The molecule has 1 aliphatic rings. The van der Waals surface area contributed by atoms with Crippen molar-refractivity contribution < 1.29 is 4.39 Å². The van der Waals surface area contributed by atoms with Gasteiger partial charge in [-0.2, -0.15) is 4.98 Å². The Morgan fingerprint density at radius 2 is 2.28 bits per heavy atom. The van der Waals surface area contributed by atoms with E-state index in [0.29, 0.717) is 23.2 Å². The number of aromatic nitrogens is 2. The van der Waals surface area contributed by atoms with Crippen LogP contribution >= 0.6 is 0 Å². The predicted molar refractivity (Wildman–Crippen MR) is 71.2 cm³/mol. The molecule has 18 heavy (non-hydrogen) atoms. The third kappa shape index (κ3) is 3.09. The fourth-order valence-electron chi connectivity index (χ4n) is 2.46. The van der Waals surface area contributed by atoms with E-state index in [4.69, 9.17) is 0 Å². The summed E-state index contributed by atoms with van der Waals surface area (Å²) in [7, 11) is 0. The van der Waals surface area contributed by atoms with E-state index in [1.54, 1.807) is 0 Å². The van der Waals surface area contributed by atoms with Crippen LogP contribution in [0.15, 0.2) is 6.20 Å². The molecule has 0 radical (unpaired) electrons. The third-order valence-electron chi connectivity index (χ3n) is 3.39. The molecule has 0 saturated heterocycles. The van der Waals surface area contributed by atoms with Gasteiger partial charge in [-0.05, 0) is 31.6 Å². The van der Waals surface area contributed by atoms with Crippen LogP contribution in [0.1, 0.15) is 40.0 Å². The Morgan fingerprint density at radius 3 is 2.89 bits per heavy atom. The first-order valence-corrected chi connectivity index (χ1v) is 6.53. The van der Waals surface area contributed by atoms with E-state index in [9.17, 15) is 4.39 Å². The molecule has 4 nitrogen and oxygen atoms in total. The summed E-state index contributed by atoms with van der Waals surface area (Å²) in [6, 6.07) is 0.305. The van der Waals surface area contributed by atoms with Crippen LogP contribution in [-0.4, -0.2) is 22.6 Å². The number of hydrogen-bond acceptors (Lipinski definition) is 4. The van der Waals surface area contributed by atoms with E-state index in [-0.39, 0.29) is 5.82 Å². The van der Waals surface area contributed by atoms with Crippen LogP contribution in [0.5, 0.6) is 0 Å². The molecule has 1 heterocycles. The van der Waals surface area contributed by atoms with Gasteiger partial charge in [0.05, 0.1) is 6.20 Å². The Kier molecular flexibility index (Phi) is 3.68. The Bertz CT molecular complexity index is 419. The van der Waals surface area contributed by atoms with Crippen molar-refractivity contribution in [1.82, 2.24) is 9.97 Å². The van der Waals surface area contributed by atoms with E-state index in [1.165, 1.54) is 6.20 Å². The Balaban J connectivity index is 2.06. The number of halogens is 1. The van der Waals surface area contributed by atoms with Crippen LogP contribution in [0.25, 0.3) is 0 Å². The summed E-state index contributed by atoms with van der Waals surface area (Å²) >= 11 is 0. The minimum Gasteiger partial charge on any atom is -0.365 e. The minimum atomic E-state index is -0.388. The van der Waals surface area contributed by atoms with Gasteiger partial charge >= 0.3 is 0 Å². The van der Waals surface area contributed by atoms with Crippen molar-refractivity contribution in [3.05, 3.63) is 12.0 Å². The molecule has 1 fully saturated rings. The summed E-state index contributed by atoms with van der Waals surface area (Å²) in [6.07, 6.45) is 4.49. The zero-order valence-electron chi connectivity index (χ0n) is 11.3. The second kappa shape index (κ2) is 5.08. The fourth-order valence-corrected chi connectivity index (χ4v) is 2.46. The summed E-state index contributed by atoms with van der Waals surface area (Å²) in [5, 5.41) is 6.18. The van der Waals surface area contributed by atoms with E-state index in [2.05, 4.69) is 34.4 Å². The molecule has 1 aromatic rings. The summed E-state index contributed by atoms with van der Waals surface area (Å²) in [4.78, 5) is 8.06. The highest BCUT2D eigenvalue weighted by atomic mass is 19.1. The highest BCUT2D eigenvalue weighted by molar-refractivity contribution is 5.42. The zero-order valence-corrected chi connectivity index (χ0v) is 11.3. The lowest BCUT2D eigenvalue weighted by atomic mass is 9.92. The molecule has 0 aromatic carbocycles. The molecule has 0 aliphatic heterocycles. The first-order valence-electron chi connectivity index (χ1n) is 6.53. The summed E-state index contributed by atoms with van der Waals surface area (Å²) in [5.41, 5.74) is 0.339. The van der Waals surface area contributed by atoms with Crippen molar-refractivity contribution in [2.24, 2.45) is 5.41 Å². The topological polar surface area (TPSA) is 49.8 Å². The molecule has 1 atom stereocenters. The molecule has 1 aliphatic carbocycles. The highest BCUT2D eigenvalue weighted by Crippen LogP contribution is 2.38. The number of hydrogen-bond donors (Lipinski definition) is 2. The smallest absolute Gasteiger partial charge is 0.224 e. The van der Waals surface area contributed by atoms with E-state index in [0.717, 1.165) is 25.8 Å². The zero-order chi connectivity index (χ0) is 13.2. The molecule has 100 valence electrons. The lowest BCUT2D eigenvalue weighted by molar-refractivity contribution is 0.378. The van der Waals surface area contributed by atoms with Crippen molar-refractivity contribution in [2.75, 3.05) is 17.2 Å². The molecule has 0 bridgehead atoms. The Hall–Kier alpha value is -1.39. The molecule has 1 saturated carbocycles. The van der Waals surface area contributed by atoms with Crippen molar-refractivity contribution in [3.8, 4) is 0 Å². The number of anilines is 2. The van der Waals surface area contributed by atoms with E-state index >= 15 is 0 Å². The number of rotatable bonds is 4. The van der Waals surface area contributed by atoms with Crippen LogP contribution in [-0.2, 0) is 0 Å². The normalized spacial score (nSPS) is 21.9. The van der Waals surface area contributed by atoms with Crippen molar-refractivity contribution in [2.45, 2.75) is 46.1 Å². The second-order valence-corrected chi connectivity index (χ2v) is 5.67. The predicted octanol–water partition coefficient (Wildman–Crippen LogP) is 3.04. The summed E-state index contributed by atoms with van der Waals surface area (Å²) < 4.78 is 13.6. The van der Waals surface area contributed by atoms with Crippen molar-refractivity contribution in [1.29, 1.82) is 0 Å². The van der Waals surface area contributed by atoms with Gasteiger partial charge < -0.3 is 10.6 Å². The fraction of sp³-hybridized carbons (Fsp3) is 0.692. The van der Waals surface area contributed by atoms with Gasteiger partial charge in [0.25, 0.3) is 0 Å². The van der Waals surface area contributed by atoms with Gasteiger partial charge in [-0.1, -0.05) is 13.8 Å². The van der Waals surface area contributed by atoms with Gasteiger partial charge in [0.2, 0.25) is 5.95 Å². The van der Waals surface area contributed by atoms with Gasteiger partial charge in [-0.25, -0.2) is 9.37 Å². The minimum absolute atomic E-state index is 0.305. The number of nitrogens with one attached hydrogen (secondary N) is 2. The van der Waals surface area contributed by atoms with Crippen LogP contribution < -0.4 is 10.6 Å². The average Bonchev–Trinajstić information content (AvgIpc) is 2.63. The van der Waals surface area contributed by atoms with Gasteiger partial charge in [0.1, 0.15) is 0 Å². The molecule has 0 spiro atoms. The standard InChI is InChI=1S/C13H21FN4/c1-4-15-12-16-8-10(14)11(18-12)17-9-5-6-13(2,3)7-9/h8-9H,4-7H2,1-3H3,(H2,15,16,17,18). The van der Waals surface area contributed by atoms with Crippen molar-refractivity contribution >= 4 is 11.8 Å². The highest BCUT2D eigenvalue weighted by Gasteiger charge is 2.31. The third-order valence-corrected chi connectivity index (χ3v) is 3.39. The van der Waals surface area contributed by atoms with Gasteiger partial charge in [0.15, 0.2) is 11.6 Å². The molecule has 2 rings (SSSR count). The monoisotopic (exact) mass is 252 g/mol. The molecule has 5 heteroatoms. The lowest BCUT2D eigenvalue weighted by Crippen LogP contribution is -2.20. The maximum absolute atomic E-state index is 13.6. The SMILES string of the molecule is CCNc1ncc(F)c(NC2CCC(C)(C)C2)n1. The second-order valence-electron chi connectivity index (χ2n) is 5.67. The largest absolute Gasteiger partial charge is 0.365 e. The van der Waals surface area contributed by atoms with Crippen LogP contribution in [0.2, 0.25) is 0 Å². The summed E-state index contributed by atoms with van der Waals surface area (Å²) in [6.45, 7) is 7.17. The first-order chi connectivity index (χ1) is 8.50. The molecule has 1 unspecified atom stereocenters. The van der Waals surface area contributed by atoms with Gasteiger partial charge in [-0.15, -0.1) is 0 Å². The molecule has 2 N–H and O–H groups in total.